The number of fused-ring (bicyclic) bond motifs is 1. The highest BCUT2D eigenvalue weighted by atomic mass is 19.3. The number of rotatable bonds is 7. The standard InChI is InChI=1S/C26H32F2N4O3/c1-14(2)19-11-22(32(13-19)25(35)16(4)26(5,27)28)24(34)30-20(12-29)10-18-9-17-8-15(3)6-7-21(17)31-23(18)33/h6-9,14,16,19-20,22H,10-11,13H2,1-5H3,(H,30,34)(H,31,33)/t16?,19-,20?,22+/m1/s1. The van der Waals surface area contributed by atoms with E-state index in [0.717, 1.165) is 17.9 Å². The Morgan fingerprint density at radius 3 is 2.57 bits per heavy atom. The van der Waals surface area contributed by atoms with Crippen molar-refractivity contribution in [1.29, 1.82) is 5.26 Å². The Bertz CT molecular complexity index is 1210. The van der Waals surface area contributed by atoms with Gasteiger partial charge >= 0.3 is 0 Å². The maximum absolute atomic E-state index is 13.9. The smallest absolute Gasteiger partial charge is 0.256 e. The summed E-state index contributed by atoms with van der Waals surface area (Å²) in [5.74, 6) is -6.04. The van der Waals surface area contributed by atoms with Gasteiger partial charge in [0.2, 0.25) is 11.8 Å². The van der Waals surface area contributed by atoms with Gasteiger partial charge in [-0.2, -0.15) is 5.26 Å². The van der Waals surface area contributed by atoms with E-state index < -0.39 is 35.7 Å². The molecular weight excluding hydrogens is 454 g/mol. The van der Waals surface area contributed by atoms with E-state index >= 15 is 0 Å². The Hall–Kier alpha value is -3.28. The number of H-pyrrole nitrogens is 1. The molecule has 1 aromatic carbocycles. The Labute approximate surface area is 203 Å². The lowest BCUT2D eigenvalue weighted by Gasteiger charge is -2.29. The number of aromatic amines is 1. The molecule has 1 fully saturated rings. The van der Waals surface area contributed by atoms with E-state index in [1.807, 2.05) is 39.0 Å². The van der Waals surface area contributed by atoms with Crippen LogP contribution in [0.25, 0.3) is 10.9 Å². The van der Waals surface area contributed by atoms with Crippen LogP contribution in [-0.4, -0.2) is 46.2 Å². The fourth-order valence-corrected chi connectivity index (χ4v) is 4.45. The summed E-state index contributed by atoms with van der Waals surface area (Å²) in [4.78, 5) is 42.6. The van der Waals surface area contributed by atoms with Crippen LogP contribution in [0.3, 0.4) is 0 Å². The second-order valence-corrected chi connectivity index (χ2v) is 10.0. The Balaban J connectivity index is 1.80. The van der Waals surface area contributed by atoms with Gasteiger partial charge in [0.1, 0.15) is 12.1 Å². The molecule has 188 valence electrons. The summed E-state index contributed by atoms with van der Waals surface area (Å²) in [6, 6.07) is 7.33. The number of aromatic nitrogens is 1. The second-order valence-electron chi connectivity index (χ2n) is 10.0. The second kappa shape index (κ2) is 10.1. The summed E-state index contributed by atoms with van der Waals surface area (Å²) < 4.78 is 27.7. The number of nitrogens with zero attached hydrogens (tertiary/aromatic N) is 2. The average molecular weight is 487 g/mol. The molecule has 0 bridgehead atoms. The number of halogens is 2. The fraction of sp³-hybridized carbons (Fsp3) is 0.538. The predicted octanol–water partition coefficient (Wildman–Crippen LogP) is 3.55. The third-order valence-corrected chi connectivity index (χ3v) is 6.97. The zero-order chi connectivity index (χ0) is 26.1. The molecule has 0 saturated carbocycles. The molecule has 2 heterocycles. The SMILES string of the molecule is Cc1ccc2[nH]c(=O)c(CC(C#N)NC(=O)[C@@H]3C[C@@H](C(C)C)CN3C(=O)C(C)C(C)(F)F)cc2c1. The van der Waals surface area contributed by atoms with Crippen LogP contribution in [0.15, 0.2) is 29.1 Å². The summed E-state index contributed by atoms with van der Waals surface area (Å²) in [7, 11) is 0. The molecule has 9 heteroatoms. The van der Waals surface area contributed by atoms with Gasteiger partial charge < -0.3 is 15.2 Å². The summed E-state index contributed by atoms with van der Waals surface area (Å²) in [5, 5.41) is 13.1. The minimum atomic E-state index is -3.22. The third kappa shape index (κ3) is 5.87. The molecule has 35 heavy (non-hydrogen) atoms. The number of alkyl halides is 2. The predicted molar refractivity (Wildman–Crippen MR) is 129 cm³/mol. The highest BCUT2D eigenvalue weighted by molar-refractivity contribution is 5.89. The van der Waals surface area contributed by atoms with Gasteiger partial charge in [-0.05, 0) is 55.7 Å². The molecule has 1 aliphatic heterocycles. The number of nitriles is 1. The first-order chi connectivity index (χ1) is 16.3. The topological polar surface area (TPSA) is 106 Å². The zero-order valence-corrected chi connectivity index (χ0v) is 20.7. The highest BCUT2D eigenvalue weighted by Gasteiger charge is 2.46. The van der Waals surface area contributed by atoms with E-state index in [0.29, 0.717) is 24.4 Å². The molecule has 3 rings (SSSR count). The van der Waals surface area contributed by atoms with Crippen LogP contribution in [0, 0.1) is 36.0 Å². The number of likely N-dealkylation sites (tertiary alicyclic amines) is 1. The van der Waals surface area contributed by atoms with Crippen molar-refractivity contribution >= 4 is 22.7 Å². The largest absolute Gasteiger partial charge is 0.338 e. The molecule has 7 nitrogen and oxygen atoms in total. The first-order valence-electron chi connectivity index (χ1n) is 11.8. The third-order valence-electron chi connectivity index (χ3n) is 6.97. The number of amides is 2. The van der Waals surface area contributed by atoms with Crippen molar-refractivity contribution in [3.05, 3.63) is 45.7 Å². The van der Waals surface area contributed by atoms with Crippen LogP contribution in [0.2, 0.25) is 0 Å². The molecule has 0 radical (unpaired) electrons. The van der Waals surface area contributed by atoms with Crippen LogP contribution in [-0.2, 0) is 16.0 Å². The van der Waals surface area contributed by atoms with Crippen molar-refractivity contribution in [1.82, 2.24) is 15.2 Å². The molecule has 2 aromatic rings. The molecule has 1 aromatic heterocycles. The number of aryl methyl sites for hydroxylation is 1. The van der Waals surface area contributed by atoms with Crippen molar-refractivity contribution in [2.75, 3.05) is 6.54 Å². The van der Waals surface area contributed by atoms with Gasteiger partial charge in [-0.1, -0.05) is 25.5 Å². The van der Waals surface area contributed by atoms with Crippen LogP contribution in [0.4, 0.5) is 8.78 Å². The molecule has 2 N–H and O–H groups in total. The van der Waals surface area contributed by atoms with E-state index in [-0.39, 0.29) is 30.4 Å². The monoisotopic (exact) mass is 486 g/mol. The summed E-state index contributed by atoms with van der Waals surface area (Å²) in [6.45, 7) is 7.89. The fourth-order valence-electron chi connectivity index (χ4n) is 4.45. The Kier molecular flexibility index (Phi) is 7.63. The summed E-state index contributed by atoms with van der Waals surface area (Å²) in [6.07, 6.45) is 0.296. The van der Waals surface area contributed by atoms with Gasteiger partial charge in [-0.25, -0.2) is 8.78 Å². The van der Waals surface area contributed by atoms with E-state index in [4.69, 9.17) is 0 Å². The first-order valence-corrected chi connectivity index (χ1v) is 11.8. The van der Waals surface area contributed by atoms with E-state index in [1.165, 1.54) is 4.90 Å². The quantitative estimate of drug-likeness (QED) is 0.624. The first kappa shape index (κ1) is 26.3. The summed E-state index contributed by atoms with van der Waals surface area (Å²) in [5.41, 5.74) is 1.67. The number of carbonyl (C=O) groups excluding carboxylic acids is 2. The van der Waals surface area contributed by atoms with Crippen molar-refractivity contribution in [3.63, 3.8) is 0 Å². The molecule has 2 unspecified atom stereocenters. The van der Waals surface area contributed by atoms with Gasteiger partial charge in [0.05, 0.1) is 12.0 Å². The van der Waals surface area contributed by atoms with Crippen LogP contribution >= 0.6 is 0 Å². The van der Waals surface area contributed by atoms with Crippen LogP contribution in [0.1, 0.15) is 45.2 Å². The molecule has 0 spiro atoms. The number of nitrogens with one attached hydrogen (secondary N) is 2. The molecule has 1 saturated heterocycles. The van der Waals surface area contributed by atoms with Gasteiger partial charge in [-0.15, -0.1) is 0 Å². The maximum Gasteiger partial charge on any atom is 0.256 e. The van der Waals surface area contributed by atoms with Crippen LogP contribution in [0.5, 0.6) is 0 Å². The van der Waals surface area contributed by atoms with Crippen molar-refractivity contribution in [3.8, 4) is 6.07 Å². The number of benzene rings is 1. The number of pyridine rings is 1. The Morgan fingerprint density at radius 2 is 1.97 bits per heavy atom. The summed E-state index contributed by atoms with van der Waals surface area (Å²) >= 11 is 0. The lowest BCUT2D eigenvalue weighted by Crippen LogP contribution is -2.51. The molecule has 1 aliphatic rings. The van der Waals surface area contributed by atoms with Crippen molar-refractivity contribution < 1.29 is 18.4 Å². The number of hydrogen-bond donors (Lipinski definition) is 2. The highest BCUT2D eigenvalue weighted by Crippen LogP contribution is 2.33. The van der Waals surface area contributed by atoms with Crippen molar-refractivity contribution in [2.24, 2.45) is 17.8 Å². The zero-order valence-electron chi connectivity index (χ0n) is 20.7. The Morgan fingerprint density at radius 1 is 1.29 bits per heavy atom. The van der Waals surface area contributed by atoms with Crippen molar-refractivity contribution in [2.45, 2.75) is 65.5 Å². The number of hydrogen-bond acceptors (Lipinski definition) is 4. The molecule has 2 amide bonds. The van der Waals surface area contributed by atoms with Gasteiger partial charge in [0.25, 0.3) is 11.5 Å². The normalized spacial score (nSPS) is 20.0. The molecule has 4 atom stereocenters. The van der Waals surface area contributed by atoms with E-state index in [9.17, 15) is 28.4 Å². The molecule has 0 aliphatic carbocycles. The minimum Gasteiger partial charge on any atom is -0.338 e. The van der Waals surface area contributed by atoms with Gasteiger partial charge in [-0.3, -0.25) is 14.4 Å². The average Bonchev–Trinajstić information content (AvgIpc) is 3.23. The maximum atomic E-state index is 13.9. The lowest BCUT2D eigenvalue weighted by molar-refractivity contribution is -0.151. The minimum absolute atomic E-state index is 0.0283. The van der Waals surface area contributed by atoms with Gasteiger partial charge in [0.15, 0.2) is 0 Å². The van der Waals surface area contributed by atoms with E-state index in [2.05, 4.69) is 10.3 Å². The molecular formula is C26H32F2N4O3. The lowest BCUT2D eigenvalue weighted by atomic mass is 9.93. The number of carbonyl (C=O) groups is 2. The van der Waals surface area contributed by atoms with Crippen LogP contribution < -0.4 is 10.9 Å². The van der Waals surface area contributed by atoms with Gasteiger partial charge in [0, 0.05) is 31.0 Å². The van der Waals surface area contributed by atoms with E-state index in [1.54, 1.807) is 12.1 Å².